The Balaban J connectivity index is 2.91. The summed E-state index contributed by atoms with van der Waals surface area (Å²) in [6.07, 6.45) is 0.320. The van der Waals surface area contributed by atoms with Crippen LogP contribution < -0.4 is 5.32 Å². The third-order valence-corrected chi connectivity index (χ3v) is 5.55. The molecule has 7 heteroatoms. The molecule has 0 bridgehead atoms. The van der Waals surface area contributed by atoms with Crippen LogP contribution in [0.4, 0.5) is 0 Å². The van der Waals surface area contributed by atoms with E-state index >= 15 is 0 Å². The quantitative estimate of drug-likeness (QED) is 0.791. The van der Waals surface area contributed by atoms with Crippen molar-refractivity contribution >= 4 is 21.7 Å². The molecule has 0 heterocycles. The maximum Gasteiger partial charge on any atom is 0.326 e. The number of sulfone groups is 1. The van der Waals surface area contributed by atoms with Gasteiger partial charge in [0.25, 0.3) is 5.91 Å². The number of carboxylic acids is 1. The molecule has 0 saturated carbocycles. The molecule has 0 aliphatic heterocycles. The Morgan fingerprint density at radius 3 is 2.00 bits per heavy atom. The molecule has 0 aromatic heterocycles. The molecule has 0 spiro atoms. The predicted molar refractivity (Wildman–Crippen MR) is 87.1 cm³/mol. The second kappa shape index (κ2) is 7.59. The summed E-state index contributed by atoms with van der Waals surface area (Å²) in [5, 5.41) is 11.0. The molecule has 1 rings (SSSR count). The van der Waals surface area contributed by atoms with E-state index in [0.29, 0.717) is 6.42 Å². The van der Waals surface area contributed by atoms with Crippen molar-refractivity contribution in [2.75, 3.05) is 0 Å². The normalized spacial score (nSPS) is 13.1. The van der Waals surface area contributed by atoms with Crippen LogP contribution in [0, 0.1) is 5.92 Å². The lowest BCUT2D eigenvalue weighted by Gasteiger charge is -2.16. The number of carboxylic acid groups (broad SMARTS) is 1. The van der Waals surface area contributed by atoms with E-state index in [-0.39, 0.29) is 16.4 Å². The largest absolute Gasteiger partial charge is 0.480 e. The van der Waals surface area contributed by atoms with Gasteiger partial charge in [0, 0.05) is 5.56 Å². The van der Waals surface area contributed by atoms with E-state index in [0.717, 1.165) is 0 Å². The number of amides is 1. The fraction of sp³-hybridized carbons (Fsp3) is 0.500. The number of hydrogen-bond donors (Lipinski definition) is 2. The molecule has 2 N–H and O–H groups in total. The Hall–Kier alpha value is -1.89. The van der Waals surface area contributed by atoms with E-state index in [9.17, 15) is 18.0 Å². The maximum atomic E-state index is 12.1. The number of rotatable bonds is 7. The van der Waals surface area contributed by atoms with E-state index in [1.165, 1.54) is 24.3 Å². The van der Waals surface area contributed by atoms with Crippen molar-refractivity contribution in [2.24, 2.45) is 5.92 Å². The smallest absolute Gasteiger partial charge is 0.326 e. The Labute approximate surface area is 136 Å². The molecule has 0 aliphatic carbocycles. The average molecular weight is 341 g/mol. The zero-order valence-corrected chi connectivity index (χ0v) is 14.6. The monoisotopic (exact) mass is 341 g/mol. The second-order valence-electron chi connectivity index (χ2n) is 6.11. The molecule has 0 aliphatic rings. The van der Waals surface area contributed by atoms with Crippen LogP contribution in [0.25, 0.3) is 0 Å². The molecule has 1 unspecified atom stereocenters. The second-order valence-corrected chi connectivity index (χ2v) is 8.62. The van der Waals surface area contributed by atoms with E-state index in [2.05, 4.69) is 5.32 Å². The summed E-state index contributed by atoms with van der Waals surface area (Å²) in [7, 11) is -3.40. The summed E-state index contributed by atoms with van der Waals surface area (Å²) in [4.78, 5) is 23.4. The summed E-state index contributed by atoms with van der Waals surface area (Å²) in [5.41, 5.74) is 0.225. The van der Waals surface area contributed by atoms with Gasteiger partial charge in [-0.05, 0) is 50.5 Å². The van der Waals surface area contributed by atoms with Crippen molar-refractivity contribution in [3.63, 3.8) is 0 Å². The summed E-state index contributed by atoms with van der Waals surface area (Å²) in [6, 6.07) is 4.53. The van der Waals surface area contributed by atoms with Gasteiger partial charge in [-0.1, -0.05) is 13.8 Å². The highest BCUT2D eigenvalue weighted by atomic mass is 32.2. The fourth-order valence-electron chi connectivity index (χ4n) is 2.00. The summed E-state index contributed by atoms with van der Waals surface area (Å²) >= 11 is 0. The van der Waals surface area contributed by atoms with Gasteiger partial charge in [0.15, 0.2) is 9.84 Å². The zero-order valence-electron chi connectivity index (χ0n) is 13.7. The Morgan fingerprint density at radius 2 is 1.61 bits per heavy atom. The van der Waals surface area contributed by atoms with Crippen LogP contribution >= 0.6 is 0 Å². The molecular formula is C16H23NO5S. The lowest BCUT2D eigenvalue weighted by molar-refractivity contribution is -0.139. The lowest BCUT2D eigenvalue weighted by atomic mass is 10.0. The molecule has 0 saturated heterocycles. The van der Waals surface area contributed by atoms with Gasteiger partial charge < -0.3 is 10.4 Å². The molecular weight excluding hydrogens is 318 g/mol. The van der Waals surface area contributed by atoms with Crippen molar-refractivity contribution in [1.29, 1.82) is 0 Å². The van der Waals surface area contributed by atoms with Crippen molar-refractivity contribution in [3.8, 4) is 0 Å². The van der Waals surface area contributed by atoms with Crippen molar-refractivity contribution < 1.29 is 23.1 Å². The van der Waals surface area contributed by atoms with Crippen LogP contribution in [-0.4, -0.2) is 36.7 Å². The molecule has 128 valence electrons. The molecule has 0 fully saturated rings. The number of nitrogens with one attached hydrogen (secondary N) is 1. The van der Waals surface area contributed by atoms with Crippen LogP contribution in [0.3, 0.4) is 0 Å². The number of aliphatic carboxylic acids is 1. The van der Waals surface area contributed by atoms with E-state index in [1.54, 1.807) is 13.8 Å². The average Bonchev–Trinajstić information content (AvgIpc) is 2.45. The molecule has 1 atom stereocenters. The zero-order chi connectivity index (χ0) is 17.8. The highest BCUT2D eigenvalue weighted by Gasteiger charge is 2.23. The van der Waals surface area contributed by atoms with Crippen molar-refractivity contribution in [2.45, 2.75) is 50.3 Å². The number of benzene rings is 1. The third-order valence-electron chi connectivity index (χ3n) is 3.38. The summed E-state index contributed by atoms with van der Waals surface area (Å²) < 4.78 is 24.0. The van der Waals surface area contributed by atoms with Gasteiger partial charge in [0.05, 0.1) is 10.1 Å². The van der Waals surface area contributed by atoms with Crippen LogP contribution in [0.15, 0.2) is 29.2 Å². The molecule has 1 aromatic rings. The Bertz CT molecular complexity index is 662. The van der Waals surface area contributed by atoms with Crippen LogP contribution in [0.1, 0.15) is 44.5 Å². The minimum Gasteiger partial charge on any atom is -0.480 e. The first kappa shape index (κ1) is 19.2. The first-order valence-corrected chi connectivity index (χ1v) is 8.98. The fourth-order valence-corrected chi connectivity index (χ4v) is 3.06. The summed E-state index contributed by atoms with van der Waals surface area (Å²) in [6.45, 7) is 6.90. The third kappa shape index (κ3) is 5.06. The van der Waals surface area contributed by atoms with Crippen LogP contribution in [-0.2, 0) is 14.6 Å². The highest BCUT2D eigenvalue weighted by Crippen LogP contribution is 2.16. The van der Waals surface area contributed by atoms with Gasteiger partial charge in [-0.2, -0.15) is 0 Å². The number of carbonyl (C=O) groups is 2. The Morgan fingerprint density at radius 1 is 1.09 bits per heavy atom. The molecule has 1 aromatic carbocycles. The molecule has 6 nitrogen and oxygen atoms in total. The lowest BCUT2D eigenvalue weighted by Crippen LogP contribution is -2.41. The van der Waals surface area contributed by atoms with E-state index in [4.69, 9.17) is 5.11 Å². The SMILES string of the molecule is CC(C)CC(NC(=O)c1ccc(S(=O)(=O)C(C)C)cc1)C(=O)O. The van der Waals surface area contributed by atoms with Gasteiger partial charge in [-0.3, -0.25) is 4.79 Å². The van der Waals surface area contributed by atoms with Gasteiger partial charge in [-0.15, -0.1) is 0 Å². The first-order chi connectivity index (χ1) is 10.6. The Kier molecular flexibility index (Phi) is 6.32. The minimum atomic E-state index is -3.40. The van der Waals surface area contributed by atoms with E-state index in [1.807, 2.05) is 13.8 Å². The molecule has 0 radical (unpaired) electrons. The predicted octanol–water partition coefficient (Wildman–Crippen LogP) is 2.10. The van der Waals surface area contributed by atoms with Gasteiger partial charge >= 0.3 is 5.97 Å². The topological polar surface area (TPSA) is 101 Å². The van der Waals surface area contributed by atoms with Gasteiger partial charge in [-0.25, -0.2) is 13.2 Å². The first-order valence-electron chi connectivity index (χ1n) is 7.43. The highest BCUT2D eigenvalue weighted by molar-refractivity contribution is 7.92. The number of hydrogen-bond acceptors (Lipinski definition) is 4. The van der Waals surface area contributed by atoms with Gasteiger partial charge in [0.1, 0.15) is 6.04 Å². The van der Waals surface area contributed by atoms with Crippen LogP contribution in [0.2, 0.25) is 0 Å². The summed E-state index contributed by atoms with van der Waals surface area (Å²) in [5.74, 6) is -1.51. The maximum absolute atomic E-state index is 12.1. The standard InChI is InChI=1S/C16H23NO5S/c1-10(2)9-14(16(19)20)17-15(18)12-5-7-13(8-6-12)23(21,22)11(3)4/h5-8,10-11,14H,9H2,1-4H3,(H,17,18)(H,19,20). The van der Waals surface area contributed by atoms with Crippen molar-refractivity contribution in [1.82, 2.24) is 5.32 Å². The van der Waals surface area contributed by atoms with E-state index < -0.39 is 33.0 Å². The van der Waals surface area contributed by atoms with Gasteiger partial charge in [0.2, 0.25) is 0 Å². The molecule has 23 heavy (non-hydrogen) atoms. The minimum absolute atomic E-state index is 0.120. The van der Waals surface area contributed by atoms with Crippen LogP contribution in [0.5, 0.6) is 0 Å². The molecule has 1 amide bonds. The number of carbonyl (C=O) groups excluding carboxylic acids is 1. The van der Waals surface area contributed by atoms with Crippen molar-refractivity contribution in [3.05, 3.63) is 29.8 Å².